The maximum absolute atomic E-state index is 2.28. The minimum atomic E-state index is 0.267. The van der Waals surface area contributed by atoms with Crippen molar-refractivity contribution < 1.29 is 0 Å². The first-order valence-electron chi connectivity index (χ1n) is 4.38. The van der Waals surface area contributed by atoms with Gasteiger partial charge >= 0.3 is 0 Å². The van der Waals surface area contributed by atoms with E-state index in [9.17, 15) is 0 Å². The Morgan fingerprint density at radius 1 is 1.00 bits per heavy atom. The van der Waals surface area contributed by atoms with E-state index in [2.05, 4.69) is 43.5 Å². The van der Waals surface area contributed by atoms with Gasteiger partial charge in [0, 0.05) is 6.33 Å². The van der Waals surface area contributed by atoms with Crippen LogP contribution in [0.4, 0.5) is 0 Å². The molecule has 0 aromatic carbocycles. The first-order valence-corrected chi connectivity index (χ1v) is 9.09. The average molecular weight is 210 g/mol. The Bertz CT molecular complexity index is 72.5. The van der Waals surface area contributed by atoms with Gasteiger partial charge in [-0.2, -0.15) is 0 Å². The van der Waals surface area contributed by atoms with Crippen LogP contribution in [0.3, 0.4) is 0 Å². The maximum Gasteiger partial charge on any atom is 0.0122 e. The van der Waals surface area contributed by atoms with Gasteiger partial charge in [0.2, 0.25) is 0 Å². The zero-order valence-electron chi connectivity index (χ0n) is 7.80. The van der Waals surface area contributed by atoms with Crippen molar-refractivity contribution in [2.24, 2.45) is 0 Å². The second-order valence-electron chi connectivity index (χ2n) is 2.25. The summed E-state index contributed by atoms with van der Waals surface area (Å²) < 4.78 is 0. The van der Waals surface area contributed by atoms with Gasteiger partial charge in [0.05, 0.1) is 0 Å². The molecular formula is C8H19PS2. The number of rotatable bonds is 7. The molecule has 0 rings (SSSR count). The smallest absolute Gasteiger partial charge is 0.0122 e. The van der Waals surface area contributed by atoms with E-state index in [-0.39, 0.29) is 6.33 Å². The SMILES string of the molecule is CCCCP(SCC)SCC. The Labute approximate surface area is 80.5 Å². The molecule has 0 aromatic rings. The first kappa shape index (κ1) is 12.1. The molecule has 0 radical (unpaired) electrons. The summed E-state index contributed by atoms with van der Waals surface area (Å²) in [6, 6.07) is 0. The van der Waals surface area contributed by atoms with Crippen LogP contribution in [-0.2, 0) is 0 Å². The van der Waals surface area contributed by atoms with Gasteiger partial charge in [-0.25, -0.2) is 0 Å². The van der Waals surface area contributed by atoms with Crippen LogP contribution in [0.5, 0.6) is 0 Å². The largest absolute Gasteiger partial charge is 0.123 e. The van der Waals surface area contributed by atoms with Gasteiger partial charge in [-0.1, -0.05) is 27.2 Å². The molecule has 0 nitrogen and oxygen atoms in total. The van der Waals surface area contributed by atoms with Crippen LogP contribution in [0.25, 0.3) is 0 Å². The van der Waals surface area contributed by atoms with Crippen LogP contribution in [0.15, 0.2) is 0 Å². The standard InChI is InChI=1S/C8H19PS2/c1-4-7-8-9(10-5-2)11-6-3/h4-8H2,1-3H3. The second-order valence-corrected chi connectivity index (χ2v) is 9.92. The lowest BCUT2D eigenvalue weighted by Crippen LogP contribution is -1.78. The molecule has 0 amide bonds. The Hall–Kier alpha value is 1.13. The van der Waals surface area contributed by atoms with Gasteiger partial charge < -0.3 is 0 Å². The molecule has 0 aromatic heterocycles. The Morgan fingerprint density at radius 3 is 1.91 bits per heavy atom. The van der Waals surface area contributed by atoms with E-state index in [4.69, 9.17) is 0 Å². The Balaban J connectivity index is 3.34. The Morgan fingerprint density at radius 2 is 1.55 bits per heavy atom. The quantitative estimate of drug-likeness (QED) is 0.563. The van der Waals surface area contributed by atoms with Crippen molar-refractivity contribution in [1.29, 1.82) is 0 Å². The van der Waals surface area contributed by atoms with Crippen molar-refractivity contribution in [1.82, 2.24) is 0 Å². The lowest BCUT2D eigenvalue weighted by atomic mass is 10.4. The minimum absolute atomic E-state index is 0.267. The maximum atomic E-state index is 2.28. The Kier molecular flexibility index (Phi) is 10.2. The third-order valence-electron chi connectivity index (χ3n) is 1.24. The monoisotopic (exact) mass is 210 g/mol. The van der Waals surface area contributed by atoms with E-state index in [1.807, 2.05) is 0 Å². The second kappa shape index (κ2) is 9.22. The number of hydrogen-bond donors (Lipinski definition) is 0. The van der Waals surface area contributed by atoms with Crippen LogP contribution in [0.2, 0.25) is 0 Å². The van der Waals surface area contributed by atoms with E-state index in [0.29, 0.717) is 0 Å². The molecule has 0 heterocycles. The molecule has 11 heavy (non-hydrogen) atoms. The topological polar surface area (TPSA) is 0 Å². The van der Waals surface area contributed by atoms with E-state index in [1.54, 1.807) is 0 Å². The molecule has 0 saturated heterocycles. The lowest BCUT2D eigenvalue weighted by molar-refractivity contribution is 0.895. The number of hydrogen-bond acceptors (Lipinski definition) is 2. The van der Waals surface area contributed by atoms with Gasteiger partial charge in [0.15, 0.2) is 0 Å². The van der Waals surface area contributed by atoms with E-state index < -0.39 is 0 Å². The van der Waals surface area contributed by atoms with Gasteiger partial charge in [-0.15, -0.1) is 22.8 Å². The van der Waals surface area contributed by atoms with Crippen molar-refractivity contribution in [3.8, 4) is 0 Å². The van der Waals surface area contributed by atoms with Crippen LogP contribution in [-0.4, -0.2) is 17.7 Å². The fourth-order valence-electron chi connectivity index (χ4n) is 0.742. The summed E-state index contributed by atoms with van der Waals surface area (Å²) in [6.07, 6.45) is 4.50. The van der Waals surface area contributed by atoms with Crippen LogP contribution in [0.1, 0.15) is 33.6 Å². The molecule has 0 spiro atoms. The molecule has 3 heteroatoms. The van der Waals surface area contributed by atoms with Crippen molar-refractivity contribution in [3.05, 3.63) is 0 Å². The van der Waals surface area contributed by atoms with Crippen LogP contribution in [0, 0.1) is 0 Å². The first-order chi connectivity index (χ1) is 5.35. The zero-order chi connectivity index (χ0) is 8.53. The molecule has 0 fully saturated rings. The van der Waals surface area contributed by atoms with Crippen molar-refractivity contribution in [2.75, 3.05) is 17.7 Å². The molecule has 0 unspecified atom stereocenters. The number of unbranched alkanes of at least 4 members (excludes halogenated alkanes) is 1. The van der Waals surface area contributed by atoms with Crippen molar-refractivity contribution in [2.45, 2.75) is 33.6 Å². The zero-order valence-corrected chi connectivity index (χ0v) is 10.3. The van der Waals surface area contributed by atoms with Crippen LogP contribution >= 0.6 is 29.1 Å². The molecule has 0 saturated carbocycles. The fraction of sp³-hybridized carbons (Fsp3) is 1.00. The summed E-state index contributed by atoms with van der Waals surface area (Å²) in [5, 5.41) is 0. The average Bonchev–Trinajstić information content (AvgIpc) is 2.01. The predicted octanol–water partition coefficient (Wildman–Crippen LogP) is 4.60. The molecule has 68 valence electrons. The fourth-order valence-corrected chi connectivity index (χ4v) is 8.29. The summed E-state index contributed by atoms with van der Waals surface area (Å²) in [5.74, 6) is 2.59. The summed E-state index contributed by atoms with van der Waals surface area (Å²) in [4.78, 5) is 0. The van der Waals surface area contributed by atoms with E-state index in [0.717, 1.165) is 0 Å². The van der Waals surface area contributed by atoms with Crippen LogP contribution < -0.4 is 0 Å². The van der Waals surface area contributed by atoms with Gasteiger partial charge in [-0.3, -0.25) is 0 Å². The molecule has 0 N–H and O–H groups in total. The summed E-state index contributed by atoms with van der Waals surface area (Å²) in [6.45, 7) is 6.81. The minimum Gasteiger partial charge on any atom is -0.123 e. The lowest BCUT2D eigenvalue weighted by Gasteiger charge is -2.13. The summed E-state index contributed by atoms with van der Waals surface area (Å²) >= 11 is 4.34. The summed E-state index contributed by atoms with van der Waals surface area (Å²) in [5.41, 5.74) is 0. The molecule has 0 bridgehead atoms. The third-order valence-corrected chi connectivity index (χ3v) is 9.28. The predicted molar refractivity (Wildman–Crippen MR) is 63.0 cm³/mol. The highest BCUT2D eigenvalue weighted by atomic mass is 33.1. The highest BCUT2D eigenvalue weighted by Gasteiger charge is 2.05. The molecule has 0 aliphatic heterocycles. The normalized spacial score (nSPS) is 10.9. The van der Waals surface area contributed by atoms with Gasteiger partial charge in [-0.05, 0) is 24.1 Å². The van der Waals surface area contributed by atoms with Crippen molar-refractivity contribution >= 4 is 29.1 Å². The molecular weight excluding hydrogens is 191 g/mol. The van der Waals surface area contributed by atoms with E-state index >= 15 is 0 Å². The third kappa shape index (κ3) is 7.49. The van der Waals surface area contributed by atoms with Gasteiger partial charge in [0.1, 0.15) is 0 Å². The van der Waals surface area contributed by atoms with Crippen molar-refractivity contribution in [3.63, 3.8) is 0 Å². The van der Waals surface area contributed by atoms with Gasteiger partial charge in [0.25, 0.3) is 0 Å². The molecule has 0 aliphatic rings. The molecule has 0 aliphatic carbocycles. The highest BCUT2D eigenvalue weighted by molar-refractivity contribution is 8.88. The highest BCUT2D eigenvalue weighted by Crippen LogP contribution is 2.60. The molecule has 0 atom stereocenters. The van der Waals surface area contributed by atoms with E-state index in [1.165, 1.54) is 30.5 Å². The summed E-state index contributed by atoms with van der Waals surface area (Å²) in [7, 11) is 0.